The maximum atomic E-state index is 13.5. The Morgan fingerprint density at radius 1 is 1.20 bits per heavy atom. The summed E-state index contributed by atoms with van der Waals surface area (Å²) in [5.74, 6) is -1.13. The summed E-state index contributed by atoms with van der Waals surface area (Å²) in [5.41, 5.74) is 2.21. The number of carbonyl (C=O) groups is 2. The average Bonchev–Trinajstić information content (AvgIpc) is 2.30. The van der Waals surface area contributed by atoms with Crippen LogP contribution in [-0.4, -0.2) is 24.9 Å². The minimum absolute atomic E-state index is 0.0471. The third-order valence-corrected chi connectivity index (χ3v) is 3.08. The Balaban J connectivity index is 2.13. The average molecular weight is 277 g/mol. The molecule has 1 heterocycles. The van der Waals surface area contributed by atoms with Crippen molar-refractivity contribution in [3.05, 3.63) is 35.2 Å². The van der Waals surface area contributed by atoms with Crippen molar-refractivity contribution < 1.29 is 14.0 Å². The maximum Gasteiger partial charge on any atom is 0.251 e. The summed E-state index contributed by atoms with van der Waals surface area (Å²) in [6, 6.07) is 4.05. The SMILES string of the molecule is CC(=O)Nc1cc(NC(=O)C(C)=C2CNC2)ccc1F. The van der Waals surface area contributed by atoms with Gasteiger partial charge in [0, 0.05) is 31.3 Å². The Hall–Kier alpha value is -2.21. The van der Waals surface area contributed by atoms with Crippen molar-refractivity contribution in [2.24, 2.45) is 0 Å². The fraction of sp³-hybridized carbons (Fsp3) is 0.286. The van der Waals surface area contributed by atoms with Crippen LogP contribution in [0.3, 0.4) is 0 Å². The molecule has 1 fully saturated rings. The van der Waals surface area contributed by atoms with Gasteiger partial charge in [-0.1, -0.05) is 0 Å². The van der Waals surface area contributed by atoms with E-state index < -0.39 is 5.82 Å². The molecular formula is C14H16FN3O2. The summed E-state index contributed by atoms with van der Waals surface area (Å²) in [4.78, 5) is 23.0. The van der Waals surface area contributed by atoms with E-state index in [1.807, 2.05) is 0 Å². The van der Waals surface area contributed by atoms with Gasteiger partial charge in [-0.15, -0.1) is 0 Å². The Morgan fingerprint density at radius 2 is 1.90 bits per heavy atom. The third-order valence-electron chi connectivity index (χ3n) is 3.08. The van der Waals surface area contributed by atoms with Gasteiger partial charge in [-0.2, -0.15) is 0 Å². The van der Waals surface area contributed by atoms with Crippen LogP contribution >= 0.6 is 0 Å². The van der Waals surface area contributed by atoms with Crippen LogP contribution < -0.4 is 16.0 Å². The number of benzene rings is 1. The summed E-state index contributed by atoms with van der Waals surface area (Å²) in [5, 5.41) is 8.13. The highest BCUT2D eigenvalue weighted by Gasteiger charge is 2.16. The maximum absolute atomic E-state index is 13.5. The molecule has 5 nitrogen and oxygen atoms in total. The molecule has 0 saturated carbocycles. The van der Waals surface area contributed by atoms with Gasteiger partial charge in [-0.05, 0) is 30.7 Å². The van der Waals surface area contributed by atoms with Crippen LogP contribution in [0.25, 0.3) is 0 Å². The molecule has 1 aliphatic rings. The van der Waals surface area contributed by atoms with Crippen LogP contribution in [-0.2, 0) is 9.59 Å². The van der Waals surface area contributed by atoms with Crippen molar-refractivity contribution in [1.82, 2.24) is 5.32 Å². The first-order valence-electron chi connectivity index (χ1n) is 6.25. The van der Waals surface area contributed by atoms with E-state index in [0.717, 1.165) is 18.7 Å². The molecule has 3 N–H and O–H groups in total. The van der Waals surface area contributed by atoms with Crippen molar-refractivity contribution in [2.75, 3.05) is 23.7 Å². The van der Waals surface area contributed by atoms with E-state index in [1.165, 1.54) is 25.1 Å². The molecule has 0 unspecified atom stereocenters. The number of hydrogen-bond donors (Lipinski definition) is 3. The largest absolute Gasteiger partial charge is 0.324 e. The zero-order valence-corrected chi connectivity index (χ0v) is 11.3. The van der Waals surface area contributed by atoms with Crippen LogP contribution in [0.2, 0.25) is 0 Å². The minimum Gasteiger partial charge on any atom is -0.324 e. The second-order valence-electron chi connectivity index (χ2n) is 4.66. The standard InChI is InChI=1S/C14H16FN3O2/c1-8(10-6-16-7-10)14(20)18-11-3-4-12(15)13(5-11)17-9(2)19/h3-5,16H,6-7H2,1-2H3,(H,17,19)(H,18,20). The van der Waals surface area contributed by atoms with E-state index in [1.54, 1.807) is 6.92 Å². The highest BCUT2D eigenvalue weighted by Crippen LogP contribution is 2.20. The first-order chi connectivity index (χ1) is 9.47. The smallest absolute Gasteiger partial charge is 0.251 e. The van der Waals surface area contributed by atoms with Crippen molar-refractivity contribution in [3.8, 4) is 0 Å². The van der Waals surface area contributed by atoms with Crippen molar-refractivity contribution in [3.63, 3.8) is 0 Å². The van der Waals surface area contributed by atoms with Crippen molar-refractivity contribution >= 4 is 23.2 Å². The third kappa shape index (κ3) is 3.21. The van der Waals surface area contributed by atoms with E-state index in [0.29, 0.717) is 11.3 Å². The molecular weight excluding hydrogens is 261 g/mol. The topological polar surface area (TPSA) is 70.2 Å². The molecule has 6 heteroatoms. The molecule has 20 heavy (non-hydrogen) atoms. The molecule has 1 saturated heterocycles. The Kier molecular flexibility index (Phi) is 4.14. The van der Waals surface area contributed by atoms with Gasteiger partial charge >= 0.3 is 0 Å². The number of amides is 2. The van der Waals surface area contributed by atoms with E-state index in [2.05, 4.69) is 16.0 Å². The van der Waals surface area contributed by atoms with Crippen LogP contribution in [0.15, 0.2) is 29.3 Å². The zero-order valence-electron chi connectivity index (χ0n) is 11.3. The van der Waals surface area contributed by atoms with Gasteiger partial charge in [-0.25, -0.2) is 4.39 Å². The summed E-state index contributed by atoms with van der Waals surface area (Å²) in [6.07, 6.45) is 0. The van der Waals surface area contributed by atoms with Gasteiger partial charge in [0.25, 0.3) is 5.91 Å². The predicted molar refractivity (Wildman–Crippen MR) is 74.9 cm³/mol. The number of anilines is 2. The van der Waals surface area contributed by atoms with Gasteiger partial charge in [-0.3, -0.25) is 9.59 Å². The van der Waals surface area contributed by atoms with Gasteiger partial charge in [0.1, 0.15) is 5.82 Å². The van der Waals surface area contributed by atoms with Crippen LogP contribution in [0, 0.1) is 5.82 Å². The molecule has 1 aromatic rings. The van der Waals surface area contributed by atoms with Crippen LogP contribution in [0.5, 0.6) is 0 Å². The summed E-state index contributed by atoms with van der Waals surface area (Å²) in [7, 11) is 0. The summed E-state index contributed by atoms with van der Waals surface area (Å²) in [6.45, 7) is 4.49. The molecule has 2 rings (SSSR count). The fourth-order valence-corrected chi connectivity index (χ4v) is 1.79. The van der Waals surface area contributed by atoms with E-state index in [4.69, 9.17) is 0 Å². The summed E-state index contributed by atoms with van der Waals surface area (Å²) >= 11 is 0. The van der Waals surface area contributed by atoms with E-state index in [-0.39, 0.29) is 17.5 Å². The van der Waals surface area contributed by atoms with E-state index in [9.17, 15) is 14.0 Å². The Morgan fingerprint density at radius 3 is 2.45 bits per heavy atom. The molecule has 0 radical (unpaired) electrons. The molecule has 0 atom stereocenters. The quantitative estimate of drug-likeness (QED) is 0.736. The number of carbonyl (C=O) groups excluding carboxylic acids is 2. The molecule has 0 aliphatic carbocycles. The monoisotopic (exact) mass is 277 g/mol. The first kappa shape index (κ1) is 14.2. The lowest BCUT2D eigenvalue weighted by molar-refractivity contribution is -0.114. The second-order valence-corrected chi connectivity index (χ2v) is 4.66. The van der Waals surface area contributed by atoms with Crippen molar-refractivity contribution in [2.45, 2.75) is 13.8 Å². The lowest BCUT2D eigenvalue weighted by atomic mass is 10.0. The molecule has 2 amide bonds. The molecule has 1 aliphatic heterocycles. The molecule has 1 aromatic carbocycles. The number of nitrogens with one attached hydrogen (secondary N) is 3. The highest BCUT2D eigenvalue weighted by molar-refractivity contribution is 6.04. The minimum atomic E-state index is -0.545. The molecule has 0 bridgehead atoms. The summed E-state index contributed by atoms with van der Waals surface area (Å²) < 4.78 is 13.5. The van der Waals surface area contributed by atoms with Gasteiger partial charge < -0.3 is 16.0 Å². The fourth-order valence-electron chi connectivity index (χ4n) is 1.79. The van der Waals surface area contributed by atoms with Gasteiger partial charge in [0.15, 0.2) is 0 Å². The van der Waals surface area contributed by atoms with E-state index >= 15 is 0 Å². The lowest BCUT2D eigenvalue weighted by Crippen LogP contribution is -2.36. The molecule has 0 spiro atoms. The normalized spacial score (nSPS) is 13.4. The predicted octanol–water partition coefficient (Wildman–Crippen LogP) is 1.64. The first-order valence-corrected chi connectivity index (χ1v) is 6.25. The molecule has 106 valence electrons. The highest BCUT2D eigenvalue weighted by atomic mass is 19.1. The second kappa shape index (κ2) is 5.83. The van der Waals surface area contributed by atoms with Gasteiger partial charge in [0.2, 0.25) is 5.91 Å². The van der Waals surface area contributed by atoms with Crippen LogP contribution in [0.4, 0.5) is 15.8 Å². The lowest BCUT2D eigenvalue weighted by Gasteiger charge is -2.21. The van der Waals surface area contributed by atoms with Crippen molar-refractivity contribution in [1.29, 1.82) is 0 Å². The Bertz CT molecular complexity index is 590. The number of hydrogen-bond acceptors (Lipinski definition) is 3. The van der Waals surface area contributed by atoms with Crippen LogP contribution in [0.1, 0.15) is 13.8 Å². The zero-order chi connectivity index (χ0) is 14.7. The Labute approximate surface area is 116 Å². The molecule has 0 aromatic heterocycles. The van der Waals surface area contributed by atoms with Gasteiger partial charge in [0.05, 0.1) is 5.69 Å². The number of halogens is 1. The number of rotatable bonds is 3.